The Balaban J connectivity index is 1.84. The molecule has 136 valence electrons. The third-order valence-corrected chi connectivity index (χ3v) is 5.71. The molecule has 2 heterocycles. The van der Waals surface area contributed by atoms with Gasteiger partial charge in [0.2, 0.25) is 0 Å². The van der Waals surface area contributed by atoms with Gasteiger partial charge in [-0.3, -0.25) is 14.9 Å². The molecule has 1 fully saturated rings. The fourth-order valence-electron chi connectivity index (χ4n) is 2.72. The molecule has 1 aliphatic heterocycles. The Morgan fingerprint density at radius 3 is 2.62 bits per heavy atom. The second-order valence-corrected chi connectivity index (χ2v) is 7.72. The molecule has 7 nitrogen and oxygen atoms in total. The van der Waals surface area contributed by atoms with Gasteiger partial charge in [-0.2, -0.15) is 0 Å². The molecule has 4 amide bonds. The van der Waals surface area contributed by atoms with Crippen molar-refractivity contribution >= 4 is 34.9 Å². The van der Waals surface area contributed by atoms with E-state index in [0.717, 1.165) is 5.01 Å². The highest BCUT2D eigenvalue weighted by Gasteiger charge is 2.43. The molecular formula is C18H20N4O3S. The third-order valence-electron chi connectivity index (χ3n) is 4.26. The van der Waals surface area contributed by atoms with Crippen LogP contribution in [0.1, 0.15) is 52.6 Å². The van der Waals surface area contributed by atoms with Crippen LogP contribution in [0.15, 0.2) is 24.3 Å². The average Bonchev–Trinajstić information content (AvgIpc) is 3.08. The number of nitrogens with zero attached hydrogens (tertiary/aromatic N) is 1. The van der Waals surface area contributed by atoms with E-state index < -0.39 is 17.5 Å². The number of hydrogen-bond acceptors (Lipinski definition) is 5. The van der Waals surface area contributed by atoms with E-state index in [4.69, 9.17) is 0 Å². The maximum Gasteiger partial charge on any atom is 0.322 e. The zero-order chi connectivity index (χ0) is 19.1. The fraction of sp³-hybridized carbons (Fsp3) is 0.333. The summed E-state index contributed by atoms with van der Waals surface area (Å²) in [4.78, 5) is 41.2. The molecule has 1 aliphatic rings. The van der Waals surface area contributed by atoms with Crippen LogP contribution in [0, 0.1) is 6.92 Å². The lowest BCUT2D eigenvalue weighted by Crippen LogP contribution is -2.40. The van der Waals surface area contributed by atoms with Gasteiger partial charge in [0.15, 0.2) is 0 Å². The number of carbonyl (C=O) groups is 3. The number of urea groups is 1. The highest BCUT2D eigenvalue weighted by Crippen LogP contribution is 2.28. The van der Waals surface area contributed by atoms with Crippen molar-refractivity contribution in [3.05, 3.63) is 45.4 Å². The number of aromatic nitrogens is 1. The number of aryl methyl sites for hydroxylation is 1. The number of amides is 4. The highest BCUT2D eigenvalue weighted by atomic mass is 32.1. The normalized spacial score (nSPS) is 19.4. The van der Waals surface area contributed by atoms with E-state index in [9.17, 15) is 14.4 Å². The summed E-state index contributed by atoms with van der Waals surface area (Å²) in [6.07, 6.45) is 0. The van der Waals surface area contributed by atoms with E-state index >= 15 is 0 Å². The molecule has 0 bridgehead atoms. The molecule has 1 aromatic heterocycles. The van der Waals surface area contributed by atoms with E-state index in [1.165, 1.54) is 11.3 Å². The topological polar surface area (TPSA) is 100 Å². The average molecular weight is 372 g/mol. The molecule has 0 aliphatic carbocycles. The molecule has 1 unspecified atom stereocenters. The molecule has 0 radical (unpaired) electrons. The summed E-state index contributed by atoms with van der Waals surface area (Å²) in [5.74, 6) is -0.409. The molecule has 2 aromatic rings. The number of carbonyl (C=O) groups excluding carboxylic acids is 3. The van der Waals surface area contributed by atoms with Crippen molar-refractivity contribution in [3.63, 3.8) is 0 Å². The summed E-state index contributed by atoms with van der Waals surface area (Å²) in [7, 11) is 0. The monoisotopic (exact) mass is 372 g/mol. The highest BCUT2D eigenvalue weighted by molar-refractivity contribution is 7.14. The van der Waals surface area contributed by atoms with Gasteiger partial charge in [0.25, 0.3) is 11.8 Å². The minimum Gasteiger partial charge on any atom is -0.321 e. The van der Waals surface area contributed by atoms with Crippen molar-refractivity contribution < 1.29 is 14.4 Å². The number of nitrogens with one attached hydrogen (secondary N) is 3. The molecule has 0 spiro atoms. The van der Waals surface area contributed by atoms with Gasteiger partial charge >= 0.3 is 6.03 Å². The van der Waals surface area contributed by atoms with Crippen molar-refractivity contribution in [1.29, 1.82) is 0 Å². The summed E-state index contributed by atoms with van der Waals surface area (Å²) in [5.41, 5.74) is 0.661. The molecule has 3 rings (SSSR count). The Morgan fingerprint density at radius 2 is 2.04 bits per heavy atom. The SMILES string of the molecule is Cc1nc(C(C)C)sc1C(=O)Nc1cccc(C2(C)NC(=O)NC2=O)c1. The number of imide groups is 1. The predicted molar refractivity (Wildman–Crippen MR) is 99.4 cm³/mol. The number of thiazole rings is 1. The first-order chi connectivity index (χ1) is 12.2. The van der Waals surface area contributed by atoms with Crippen LogP contribution in [-0.4, -0.2) is 22.8 Å². The minimum absolute atomic E-state index is 0.242. The lowest BCUT2D eigenvalue weighted by molar-refractivity contribution is -0.123. The maximum absolute atomic E-state index is 12.6. The summed E-state index contributed by atoms with van der Waals surface area (Å²) in [6.45, 7) is 7.50. The van der Waals surface area contributed by atoms with Crippen molar-refractivity contribution in [3.8, 4) is 0 Å². The number of anilines is 1. The van der Waals surface area contributed by atoms with Crippen LogP contribution in [0.2, 0.25) is 0 Å². The van der Waals surface area contributed by atoms with Crippen molar-refractivity contribution in [2.24, 2.45) is 0 Å². The van der Waals surface area contributed by atoms with Crippen LogP contribution < -0.4 is 16.0 Å². The van der Waals surface area contributed by atoms with Gasteiger partial charge in [-0.15, -0.1) is 11.3 Å². The molecule has 26 heavy (non-hydrogen) atoms. The van der Waals surface area contributed by atoms with Crippen LogP contribution in [0.3, 0.4) is 0 Å². The van der Waals surface area contributed by atoms with Gasteiger partial charge in [-0.25, -0.2) is 9.78 Å². The quantitative estimate of drug-likeness (QED) is 0.719. The summed E-state index contributed by atoms with van der Waals surface area (Å²) < 4.78 is 0. The summed E-state index contributed by atoms with van der Waals surface area (Å²) >= 11 is 1.38. The van der Waals surface area contributed by atoms with Gasteiger partial charge in [-0.05, 0) is 31.5 Å². The second kappa shape index (κ2) is 6.53. The zero-order valence-electron chi connectivity index (χ0n) is 15.0. The predicted octanol–water partition coefficient (Wildman–Crippen LogP) is 2.88. The summed E-state index contributed by atoms with van der Waals surface area (Å²) in [6, 6.07) is 6.35. The Hall–Kier alpha value is -2.74. The minimum atomic E-state index is -1.16. The second-order valence-electron chi connectivity index (χ2n) is 6.69. The first-order valence-electron chi connectivity index (χ1n) is 8.23. The van der Waals surface area contributed by atoms with Crippen LogP contribution in [0.4, 0.5) is 10.5 Å². The van der Waals surface area contributed by atoms with E-state index in [1.54, 1.807) is 31.2 Å². The largest absolute Gasteiger partial charge is 0.322 e. The zero-order valence-corrected chi connectivity index (χ0v) is 15.8. The first kappa shape index (κ1) is 18.1. The van der Waals surface area contributed by atoms with Crippen LogP contribution in [0.25, 0.3) is 0 Å². The molecule has 1 saturated heterocycles. The van der Waals surface area contributed by atoms with Gasteiger partial charge in [0, 0.05) is 11.6 Å². The Labute approximate surface area is 155 Å². The molecule has 1 atom stereocenters. The molecule has 8 heteroatoms. The van der Waals surface area contributed by atoms with E-state index in [0.29, 0.717) is 21.8 Å². The smallest absolute Gasteiger partial charge is 0.321 e. The maximum atomic E-state index is 12.6. The van der Waals surface area contributed by atoms with Crippen LogP contribution in [-0.2, 0) is 10.3 Å². The number of rotatable bonds is 4. The number of hydrogen-bond donors (Lipinski definition) is 3. The van der Waals surface area contributed by atoms with E-state index in [1.807, 2.05) is 20.8 Å². The lowest BCUT2D eigenvalue weighted by atomic mass is 9.92. The summed E-state index contributed by atoms with van der Waals surface area (Å²) in [5, 5.41) is 8.60. The molecule has 3 N–H and O–H groups in total. The van der Waals surface area contributed by atoms with Crippen molar-refractivity contribution in [2.45, 2.75) is 39.2 Å². The number of benzene rings is 1. The molecular weight excluding hydrogens is 352 g/mol. The van der Waals surface area contributed by atoms with E-state index in [-0.39, 0.29) is 11.8 Å². The first-order valence-corrected chi connectivity index (χ1v) is 9.05. The fourth-order valence-corrected chi connectivity index (χ4v) is 3.68. The Bertz CT molecular complexity index is 906. The third kappa shape index (κ3) is 3.20. The van der Waals surface area contributed by atoms with Gasteiger partial charge in [0.05, 0.1) is 10.7 Å². The van der Waals surface area contributed by atoms with Crippen molar-refractivity contribution in [2.75, 3.05) is 5.32 Å². The van der Waals surface area contributed by atoms with Crippen LogP contribution >= 0.6 is 11.3 Å². The Kier molecular flexibility index (Phi) is 4.53. The van der Waals surface area contributed by atoms with Crippen LogP contribution in [0.5, 0.6) is 0 Å². The van der Waals surface area contributed by atoms with Crippen molar-refractivity contribution in [1.82, 2.24) is 15.6 Å². The molecule has 0 saturated carbocycles. The molecule has 1 aromatic carbocycles. The Morgan fingerprint density at radius 1 is 1.31 bits per heavy atom. The standard InChI is InChI=1S/C18H20N4O3S/c1-9(2)15-19-10(3)13(26-15)14(23)20-12-7-5-6-11(8-12)18(4)16(24)21-17(25)22-18/h5-9H,1-4H3,(H,20,23)(H2,21,22,24,25). The van der Waals surface area contributed by atoms with Gasteiger partial charge < -0.3 is 10.6 Å². The van der Waals surface area contributed by atoms with Gasteiger partial charge in [0.1, 0.15) is 10.4 Å². The lowest BCUT2D eigenvalue weighted by Gasteiger charge is -2.21. The van der Waals surface area contributed by atoms with Gasteiger partial charge in [-0.1, -0.05) is 26.0 Å². The van der Waals surface area contributed by atoms with E-state index in [2.05, 4.69) is 20.9 Å².